The number of anilines is 1. The van der Waals surface area contributed by atoms with Gasteiger partial charge in [-0.2, -0.15) is 5.10 Å². The maximum absolute atomic E-state index is 12.3. The van der Waals surface area contributed by atoms with Crippen LogP contribution in [-0.2, 0) is 4.74 Å². The van der Waals surface area contributed by atoms with Crippen LogP contribution in [0.5, 0.6) is 5.75 Å². The summed E-state index contributed by atoms with van der Waals surface area (Å²) in [6.45, 7) is 5.96. The summed E-state index contributed by atoms with van der Waals surface area (Å²) in [6.07, 6.45) is 11.7. The topological polar surface area (TPSA) is 76.3 Å². The molecule has 1 fully saturated rings. The van der Waals surface area contributed by atoms with Crippen LogP contribution >= 0.6 is 0 Å². The molecule has 0 spiro atoms. The predicted molar refractivity (Wildman–Crippen MR) is 131 cm³/mol. The summed E-state index contributed by atoms with van der Waals surface area (Å²) in [6, 6.07) is 10.9. The van der Waals surface area contributed by atoms with E-state index in [-0.39, 0.29) is 5.91 Å². The molecule has 1 saturated heterocycles. The zero-order valence-corrected chi connectivity index (χ0v) is 19.8. The first-order valence-corrected chi connectivity index (χ1v) is 12.2. The Morgan fingerprint density at radius 2 is 1.70 bits per heavy atom. The van der Waals surface area contributed by atoms with E-state index in [1.54, 1.807) is 12.1 Å². The van der Waals surface area contributed by atoms with Gasteiger partial charge in [0.05, 0.1) is 26.0 Å². The van der Waals surface area contributed by atoms with Crippen molar-refractivity contribution in [2.75, 3.05) is 37.8 Å². The Bertz CT molecular complexity index is 841. The van der Waals surface area contributed by atoms with E-state index >= 15 is 0 Å². The van der Waals surface area contributed by atoms with Gasteiger partial charge in [0.15, 0.2) is 5.88 Å². The lowest BCUT2D eigenvalue weighted by molar-refractivity contribution is 0.0955. The van der Waals surface area contributed by atoms with Gasteiger partial charge in [0.2, 0.25) is 0 Å². The first kappa shape index (κ1) is 24.8. The van der Waals surface area contributed by atoms with Gasteiger partial charge >= 0.3 is 0 Å². The van der Waals surface area contributed by atoms with Crippen molar-refractivity contribution in [2.24, 2.45) is 5.10 Å². The van der Waals surface area contributed by atoms with Crippen LogP contribution in [0.1, 0.15) is 74.4 Å². The first-order chi connectivity index (χ1) is 16.3. The maximum Gasteiger partial charge on any atom is 0.271 e. The number of morpholine rings is 1. The molecule has 1 aliphatic heterocycles. The highest BCUT2D eigenvalue weighted by Crippen LogP contribution is 2.18. The molecule has 0 aliphatic carbocycles. The first-order valence-electron chi connectivity index (χ1n) is 12.2. The minimum Gasteiger partial charge on any atom is -0.494 e. The monoisotopic (exact) mass is 455 g/mol. The van der Waals surface area contributed by atoms with E-state index in [1.165, 1.54) is 51.2 Å². The van der Waals surface area contributed by atoms with E-state index < -0.39 is 0 Å². The molecule has 7 heteroatoms. The van der Waals surface area contributed by atoms with Gasteiger partial charge in [-0.25, -0.2) is 5.43 Å². The number of rotatable bonds is 14. The Morgan fingerprint density at radius 1 is 1.00 bits per heavy atom. The molecule has 0 atom stereocenters. The smallest absolute Gasteiger partial charge is 0.271 e. The number of amides is 1. The van der Waals surface area contributed by atoms with Crippen molar-refractivity contribution in [2.45, 2.75) is 58.3 Å². The molecule has 1 aliphatic rings. The number of nitrogens with zero attached hydrogens (tertiary/aromatic N) is 2. The van der Waals surface area contributed by atoms with Crippen molar-refractivity contribution in [3.8, 4) is 5.75 Å². The zero-order valence-electron chi connectivity index (χ0n) is 19.8. The third-order valence-corrected chi connectivity index (χ3v) is 5.68. The number of hydrogen-bond donors (Lipinski definition) is 1. The van der Waals surface area contributed by atoms with Gasteiger partial charge in [0.1, 0.15) is 11.5 Å². The van der Waals surface area contributed by atoms with Gasteiger partial charge in [-0.05, 0) is 36.8 Å². The van der Waals surface area contributed by atoms with Crippen LogP contribution in [0.3, 0.4) is 0 Å². The number of hydrazone groups is 1. The van der Waals surface area contributed by atoms with Crippen LogP contribution in [0.4, 0.5) is 5.88 Å². The number of furan rings is 1. The summed E-state index contributed by atoms with van der Waals surface area (Å²) in [5.41, 5.74) is 3.06. The second kappa shape index (κ2) is 14.4. The molecule has 2 heterocycles. The quantitative estimate of drug-likeness (QED) is 0.234. The van der Waals surface area contributed by atoms with Crippen LogP contribution in [0.15, 0.2) is 45.9 Å². The highest BCUT2D eigenvalue weighted by atomic mass is 16.5. The molecule has 2 aromatic rings. The van der Waals surface area contributed by atoms with Gasteiger partial charge in [-0.3, -0.25) is 4.79 Å². The summed E-state index contributed by atoms with van der Waals surface area (Å²) in [7, 11) is 0. The Morgan fingerprint density at radius 3 is 2.42 bits per heavy atom. The molecule has 3 rings (SSSR count). The van der Waals surface area contributed by atoms with Crippen LogP contribution in [-0.4, -0.2) is 45.0 Å². The third-order valence-electron chi connectivity index (χ3n) is 5.68. The molecular formula is C26H37N3O4. The van der Waals surface area contributed by atoms with E-state index in [2.05, 4.69) is 22.4 Å². The SMILES string of the molecule is CCCCCCCCCCOc1ccc(C(=O)N/N=C/c2ccc(N3CCOCC3)o2)cc1. The summed E-state index contributed by atoms with van der Waals surface area (Å²) in [5, 5.41) is 4.01. The third kappa shape index (κ3) is 8.92. The molecular weight excluding hydrogens is 418 g/mol. The Kier molecular flexibility index (Phi) is 10.8. The number of ether oxygens (including phenoxy) is 2. The van der Waals surface area contributed by atoms with Gasteiger partial charge in [-0.15, -0.1) is 0 Å². The van der Waals surface area contributed by atoms with Gasteiger partial charge in [0.25, 0.3) is 5.91 Å². The predicted octanol–water partition coefficient (Wildman–Crippen LogP) is 5.40. The minimum absolute atomic E-state index is 0.277. The summed E-state index contributed by atoms with van der Waals surface area (Å²) >= 11 is 0. The van der Waals surface area contributed by atoms with Crippen molar-refractivity contribution in [1.29, 1.82) is 0 Å². The van der Waals surface area contributed by atoms with Crippen LogP contribution in [0, 0.1) is 0 Å². The molecule has 1 aromatic heterocycles. The van der Waals surface area contributed by atoms with Crippen LogP contribution < -0.4 is 15.1 Å². The fourth-order valence-corrected chi connectivity index (χ4v) is 3.71. The number of carbonyl (C=O) groups excluding carboxylic acids is 1. The number of nitrogens with one attached hydrogen (secondary N) is 1. The van der Waals surface area contributed by atoms with E-state index in [4.69, 9.17) is 13.9 Å². The fourth-order valence-electron chi connectivity index (χ4n) is 3.71. The normalized spacial score (nSPS) is 14.0. The molecule has 33 heavy (non-hydrogen) atoms. The lowest BCUT2D eigenvalue weighted by Gasteiger charge is -2.26. The highest BCUT2D eigenvalue weighted by Gasteiger charge is 2.14. The van der Waals surface area contributed by atoms with Crippen molar-refractivity contribution in [1.82, 2.24) is 5.43 Å². The number of hydrogen-bond acceptors (Lipinski definition) is 6. The Labute approximate surface area is 197 Å². The average Bonchev–Trinajstić information content (AvgIpc) is 3.33. The minimum atomic E-state index is -0.277. The molecule has 1 aromatic carbocycles. The molecule has 180 valence electrons. The summed E-state index contributed by atoms with van der Waals surface area (Å²) in [5.74, 6) is 1.88. The maximum atomic E-state index is 12.3. The molecule has 0 unspecified atom stereocenters. The van der Waals surface area contributed by atoms with Crippen LogP contribution in [0.25, 0.3) is 0 Å². The summed E-state index contributed by atoms with van der Waals surface area (Å²) in [4.78, 5) is 14.4. The molecule has 7 nitrogen and oxygen atoms in total. The lowest BCUT2D eigenvalue weighted by Crippen LogP contribution is -2.35. The second-order valence-electron chi connectivity index (χ2n) is 8.32. The second-order valence-corrected chi connectivity index (χ2v) is 8.32. The summed E-state index contributed by atoms with van der Waals surface area (Å²) < 4.78 is 16.9. The molecule has 0 saturated carbocycles. The number of benzene rings is 1. The van der Waals surface area contributed by atoms with Gasteiger partial charge in [-0.1, -0.05) is 51.9 Å². The standard InChI is InChI=1S/C26H37N3O4/c1-2-3-4-5-6-7-8-9-18-32-23-12-10-22(11-13-23)26(30)28-27-21-24-14-15-25(33-24)29-16-19-31-20-17-29/h10-15,21H,2-9,16-20H2,1H3,(H,28,30)/b27-21+. The van der Waals surface area contributed by atoms with E-state index in [9.17, 15) is 4.79 Å². The number of carbonyl (C=O) groups is 1. The van der Waals surface area contributed by atoms with Crippen LogP contribution in [0.2, 0.25) is 0 Å². The zero-order chi connectivity index (χ0) is 23.1. The fraction of sp³-hybridized carbons (Fsp3) is 0.538. The largest absolute Gasteiger partial charge is 0.494 e. The van der Waals surface area contributed by atoms with Gasteiger partial charge < -0.3 is 18.8 Å². The van der Waals surface area contributed by atoms with Crippen molar-refractivity contribution in [3.05, 3.63) is 47.7 Å². The molecule has 0 bridgehead atoms. The van der Waals surface area contributed by atoms with Crippen molar-refractivity contribution < 1.29 is 18.7 Å². The van der Waals surface area contributed by atoms with E-state index in [1.807, 2.05) is 24.3 Å². The highest BCUT2D eigenvalue weighted by molar-refractivity contribution is 5.94. The Balaban J connectivity index is 1.32. The number of unbranched alkanes of at least 4 members (excludes halogenated alkanes) is 7. The van der Waals surface area contributed by atoms with E-state index in [0.717, 1.165) is 31.1 Å². The average molecular weight is 456 g/mol. The van der Waals surface area contributed by atoms with Crippen molar-refractivity contribution >= 4 is 18.0 Å². The lowest BCUT2D eigenvalue weighted by atomic mass is 10.1. The Hall–Kier alpha value is -2.80. The molecule has 1 amide bonds. The van der Waals surface area contributed by atoms with Gasteiger partial charge in [0, 0.05) is 24.7 Å². The molecule has 0 radical (unpaired) electrons. The van der Waals surface area contributed by atoms with Crippen molar-refractivity contribution in [3.63, 3.8) is 0 Å². The molecule has 1 N–H and O–H groups in total. The van der Waals surface area contributed by atoms with E-state index in [0.29, 0.717) is 31.1 Å².